The van der Waals surface area contributed by atoms with E-state index in [9.17, 15) is 24.9 Å². The minimum Gasteiger partial charge on any atom is -0.481 e. The number of carboxylic acids is 1. The molecule has 13 atom stereocenters. The molecule has 8 unspecified atom stereocenters. The Kier molecular flexibility index (Phi) is 6.26. The zero-order chi connectivity index (χ0) is 29.1. The van der Waals surface area contributed by atoms with Gasteiger partial charge in [-0.15, -0.1) is 0 Å². The molecule has 234 valence electrons. The standard InChI is InChI=1S/C31H44O11/c1-17-10-21-25(40-16-39-21)22(42-17)13-37-18-2-8-30(26(33)34)19-3-6-27-14-41-28(12-24(32)38-15-28)23(27)5-9-31(27,36)20(19)4-7-29(30,35)11-18/h17-23,25,35-36H,2-16H2,1H3,(H,33,34)/t17-,18?,19?,20?,21-,22+,23?,25-,27?,28-,29?,30?,31?/m1/s1. The molecular formula is C31H44O11. The van der Waals surface area contributed by atoms with Crippen molar-refractivity contribution in [2.24, 2.45) is 28.6 Å². The number of rotatable bonds is 4. The van der Waals surface area contributed by atoms with E-state index in [1.165, 1.54) is 0 Å². The summed E-state index contributed by atoms with van der Waals surface area (Å²) in [6, 6.07) is 0. The molecule has 0 aromatic carbocycles. The molecule has 8 rings (SSSR count). The van der Waals surface area contributed by atoms with Crippen LogP contribution in [0, 0.1) is 28.6 Å². The summed E-state index contributed by atoms with van der Waals surface area (Å²) in [5.74, 6) is -1.82. The van der Waals surface area contributed by atoms with Gasteiger partial charge >= 0.3 is 11.9 Å². The van der Waals surface area contributed by atoms with Gasteiger partial charge in [0, 0.05) is 24.2 Å². The summed E-state index contributed by atoms with van der Waals surface area (Å²) in [5.41, 5.74) is -5.07. The van der Waals surface area contributed by atoms with E-state index in [1.807, 2.05) is 6.92 Å². The molecule has 0 bridgehead atoms. The Morgan fingerprint density at radius 3 is 2.64 bits per heavy atom. The number of aliphatic hydroxyl groups is 2. The van der Waals surface area contributed by atoms with Crippen molar-refractivity contribution in [2.45, 2.75) is 125 Å². The molecule has 8 aliphatic rings. The van der Waals surface area contributed by atoms with Gasteiger partial charge in [0.05, 0.1) is 54.6 Å². The van der Waals surface area contributed by atoms with Crippen molar-refractivity contribution in [1.29, 1.82) is 0 Å². The maximum atomic E-state index is 13.3. The molecule has 4 heterocycles. The first-order chi connectivity index (χ1) is 20.1. The van der Waals surface area contributed by atoms with Crippen LogP contribution in [0.25, 0.3) is 0 Å². The molecule has 2 spiro atoms. The molecule has 42 heavy (non-hydrogen) atoms. The number of hydrogen-bond donors (Lipinski definition) is 3. The lowest BCUT2D eigenvalue weighted by Crippen LogP contribution is -2.71. The van der Waals surface area contributed by atoms with Crippen molar-refractivity contribution in [1.82, 2.24) is 0 Å². The lowest BCUT2D eigenvalue weighted by Gasteiger charge is -2.65. The van der Waals surface area contributed by atoms with E-state index < -0.39 is 33.6 Å². The molecule has 8 fully saturated rings. The Balaban J connectivity index is 1.02. The number of hydrogen-bond acceptors (Lipinski definition) is 10. The highest BCUT2D eigenvalue weighted by Crippen LogP contribution is 2.73. The Morgan fingerprint density at radius 1 is 1.02 bits per heavy atom. The Morgan fingerprint density at radius 2 is 1.86 bits per heavy atom. The molecule has 0 aromatic rings. The van der Waals surface area contributed by atoms with Gasteiger partial charge < -0.3 is 43.7 Å². The quantitative estimate of drug-likeness (QED) is 0.411. The average molecular weight is 593 g/mol. The minimum atomic E-state index is -1.43. The van der Waals surface area contributed by atoms with E-state index >= 15 is 0 Å². The van der Waals surface area contributed by atoms with Crippen LogP contribution < -0.4 is 0 Å². The van der Waals surface area contributed by atoms with Crippen LogP contribution in [0.5, 0.6) is 0 Å². The predicted molar refractivity (Wildman–Crippen MR) is 142 cm³/mol. The first-order valence-electron chi connectivity index (χ1n) is 16.0. The second-order valence-electron chi connectivity index (χ2n) is 14.8. The summed E-state index contributed by atoms with van der Waals surface area (Å²) >= 11 is 0. The molecule has 11 heteroatoms. The van der Waals surface area contributed by atoms with Crippen LogP contribution >= 0.6 is 0 Å². The fraction of sp³-hybridized carbons (Fsp3) is 0.935. The third-order valence-electron chi connectivity index (χ3n) is 13.4. The molecule has 11 nitrogen and oxygen atoms in total. The third kappa shape index (κ3) is 3.53. The first-order valence-corrected chi connectivity index (χ1v) is 16.0. The van der Waals surface area contributed by atoms with Crippen molar-refractivity contribution >= 4 is 11.9 Å². The van der Waals surface area contributed by atoms with Gasteiger partial charge in [-0.1, -0.05) is 0 Å². The topological polar surface area (TPSA) is 150 Å². The van der Waals surface area contributed by atoms with Gasteiger partial charge in [-0.05, 0) is 70.1 Å². The number of cyclic esters (lactones) is 1. The molecule has 4 saturated carbocycles. The van der Waals surface area contributed by atoms with Crippen molar-refractivity contribution < 1.29 is 53.3 Å². The van der Waals surface area contributed by atoms with Gasteiger partial charge in [-0.25, -0.2) is 0 Å². The zero-order valence-electron chi connectivity index (χ0n) is 24.3. The van der Waals surface area contributed by atoms with E-state index in [0.29, 0.717) is 58.2 Å². The summed E-state index contributed by atoms with van der Waals surface area (Å²) in [4.78, 5) is 25.4. The van der Waals surface area contributed by atoms with Crippen molar-refractivity contribution in [3.8, 4) is 0 Å². The highest BCUT2D eigenvalue weighted by molar-refractivity contribution is 5.78. The second kappa shape index (κ2) is 9.34. The van der Waals surface area contributed by atoms with Gasteiger partial charge in [0.25, 0.3) is 0 Å². The van der Waals surface area contributed by atoms with Crippen molar-refractivity contribution in [2.75, 3.05) is 26.6 Å². The second-order valence-corrected chi connectivity index (χ2v) is 14.8. The van der Waals surface area contributed by atoms with Crippen LogP contribution in [0.3, 0.4) is 0 Å². The fourth-order valence-corrected chi connectivity index (χ4v) is 11.6. The van der Waals surface area contributed by atoms with Crippen LogP contribution in [-0.2, 0) is 38.0 Å². The number of carboxylic acid groups (broad SMARTS) is 1. The van der Waals surface area contributed by atoms with E-state index in [4.69, 9.17) is 28.4 Å². The van der Waals surface area contributed by atoms with E-state index in [1.54, 1.807) is 0 Å². The monoisotopic (exact) mass is 592 g/mol. The Bertz CT molecular complexity index is 1150. The van der Waals surface area contributed by atoms with Crippen LogP contribution in [0.4, 0.5) is 0 Å². The van der Waals surface area contributed by atoms with Gasteiger partial charge in [0.1, 0.15) is 31.2 Å². The summed E-state index contributed by atoms with van der Waals surface area (Å²) in [6.45, 7) is 3.17. The number of ether oxygens (including phenoxy) is 6. The number of carbonyl (C=O) groups is 2. The van der Waals surface area contributed by atoms with Gasteiger partial charge in [-0.3, -0.25) is 9.59 Å². The van der Waals surface area contributed by atoms with E-state index in [-0.39, 0.29) is 80.5 Å². The smallest absolute Gasteiger partial charge is 0.312 e. The molecule has 0 radical (unpaired) electrons. The molecule has 4 aliphatic heterocycles. The van der Waals surface area contributed by atoms with Crippen molar-refractivity contribution in [3.05, 3.63) is 0 Å². The molecule has 0 aromatic heterocycles. The normalized spacial score (nSPS) is 56.3. The van der Waals surface area contributed by atoms with Crippen molar-refractivity contribution in [3.63, 3.8) is 0 Å². The Hall–Kier alpha value is -1.34. The van der Waals surface area contributed by atoms with E-state index in [0.717, 1.165) is 12.8 Å². The zero-order valence-corrected chi connectivity index (χ0v) is 24.3. The van der Waals surface area contributed by atoms with Gasteiger partial charge in [0.2, 0.25) is 0 Å². The highest BCUT2D eigenvalue weighted by atomic mass is 16.7. The number of aliphatic carboxylic acids is 1. The molecule has 3 N–H and O–H groups in total. The van der Waals surface area contributed by atoms with Crippen LogP contribution in [0.15, 0.2) is 0 Å². The summed E-state index contributed by atoms with van der Waals surface area (Å²) in [5, 5.41) is 35.7. The van der Waals surface area contributed by atoms with Crippen LogP contribution in [0.2, 0.25) is 0 Å². The SMILES string of the molecule is C[C@@H]1C[C@H]2OCO[C@H]2[C@H](COC2CCC3(C(=O)O)C4CCC56CO[C@]7(COC(=O)C7)C5CCC6(O)C4CCC3(O)C2)O1. The van der Waals surface area contributed by atoms with Crippen LogP contribution in [0.1, 0.15) is 77.6 Å². The lowest BCUT2D eigenvalue weighted by molar-refractivity contribution is -0.265. The molecule has 4 saturated heterocycles. The molecular weight excluding hydrogens is 548 g/mol. The first kappa shape index (κ1) is 28.2. The Labute approximate surface area is 245 Å². The van der Waals surface area contributed by atoms with Crippen LogP contribution in [-0.4, -0.2) is 101 Å². The summed E-state index contributed by atoms with van der Waals surface area (Å²) in [6.07, 6.45) is 4.71. The average Bonchev–Trinajstić information content (AvgIpc) is 3.71. The van der Waals surface area contributed by atoms with Gasteiger partial charge in [0.15, 0.2) is 0 Å². The lowest BCUT2D eigenvalue weighted by atomic mass is 9.41. The highest BCUT2D eigenvalue weighted by Gasteiger charge is 2.78. The summed E-state index contributed by atoms with van der Waals surface area (Å²) < 4.78 is 35.6. The molecule has 0 amide bonds. The maximum absolute atomic E-state index is 13.3. The fourth-order valence-electron chi connectivity index (χ4n) is 11.6. The number of fused-ring (bicyclic) bond motifs is 6. The number of esters is 1. The largest absolute Gasteiger partial charge is 0.481 e. The minimum absolute atomic E-state index is 0.00620. The summed E-state index contributed by atoms with van der Waals surface area (Å²) in [7, 11) is 0. The third-order valence-corrected chi connectivity index (χ3v) is 13.4. The predicted octanol–water partition coefficient (Wildman–Crippen LogP) is 1.94. The van der Waals surface area contributed by atoms with Gasteiger partial charge in [-0.2, -0.15) is 0 Å². The molecule has 4 aliphatic carbocycles. The maximum Gasteiger partial charge on any atom is 0.312 e. The number of carbonyl (C=O) groups excluding carboxylic acids is 1. The van der Waals surface area contributed by atoms with E-state index in [2.05, 4.69) is 0 Å².